The largest absolute Gasteiger partial charge is 0.474 e. The Balaban J connectivity index is 1.38. The number of hydrogen-bond acceptors (Lipinski definition) is 6. The molecule has 124 valence electrons. The van der Waals surface area contributed by atoms with Gasteiger partial charge in [0.1, 0.15) is 11.9 Å². The molecule has 0 atom stereocenters. The highest BCUT2D eigenvalue weighted by atomic mass is 16.5. The molecule has 1 fully saturated rings. The van der Waals surface area contributed by atoms with Crippen LogP contribution in [0, 0.1) is 6.92 Å². The molecular formula is C17H20N6O. The van der Waals surface area contributed by atoms with E-state index in [1.54, 1.807) is 4.52 Å². The van der Waals surface area contributed by atoms with Crippen molar-refractivity contribution in [3.63, 3.8) is 0 Å². The fraction of sp³-hybridized carbons (Fsp3) is 0.412. The number of fused-ring (bicyclic) bond motifs is 1. The number of ether oxygens (including phenoxy) is 1. The Labute approximate surface area is 140 Å². The van der Waals surface area contributed by atoms with Gasteiger partial charge in [-0.15, -0.1) is 15.3 Å². The fourth-order valence-corrected chi connectivity index (χ4v) is 2.95. The van der Waals surface area contributed by atoms with Gasteiger partial charge < -0.3 is 10.1 Å². The summed E-state index contributed by atoms with van der Waals surface area (Å²) in [5.74, 6) is 2.26. The molecule has 24 heavy (non-hydrogen) atoms. The highest BCUT2D eigenvalue weighted by Crippen LogP contribution is 2.23. The predicted molar refractivity (Wildman–Crippen MR) is 90.0 cm³/mol. The molecule has 7 heteroatoms. The Bertz CT molecular complexity index is 823. The first kappa shape index (κ1) is 14.9. The van der Waals surface area contributed by atoms with Crippen molar-refractivity contribution >= 4 is 11.5 Å². The van der Waals surface area contributed by atoms with E-state index in [1.807, 2.05) is 37.4 Å². The molecule has 3 aromatic rings. The average Bonchev–Trinajstić information content (AvgIpc) is 3.24. The molecule has 0 spiro atoms. The first-order chi connectivity index (χ1) is 11.8. The van der Waals surface area contributed by atoms with E-state index in [-0.39, 0.29) is 0 Å². The Morgan fingerprint density at radius 1 is 1.17 bits per heavy atom. The van der Waals surface area contributed by atoms with E-state index in [0.717, 1.165) is 35.7 Å². The van der Waals surface area contributed by atoms with E-state index >= 15 is 0 Å². The van der Waals surface area contributed by atoms with Crippen LogP contribution in [0.5, 0.6) is 5.88 Å². The molecule has 0 saturated heterocycles. The lowest BCUT2D eigenvalue weighted by atomic mass is 10.3. The summed E-state index contributed by atoms with van der Waals surface area (Å²) in [5.41, 5.74) is 1.82. The van der Waals surface area contributed by atoms with Gasteiger partial charge in [-0.2, -0.15) is 4.52 Å². The van der Waals surface area contributed by atoms with Crippen LogP contribution in [0.25, 0.3) is 5.65 Å². The van der Waals surface area contributed by atoms with Crippen LogP contribution in [0.3, 0.4) is 0 Å². The molecule has 1 aliphatic carbocycles. The maximum Gasteiger partial charge on any atom is 0.213 e. The van der Waals surface area contributed by atoms with Gasteiger partial charge >= 0.3 is 0 Å². The van der Waals surface area contributed by atoms with Gasteiger partial charge in [0.25, 0.3) is 0 Å². The lowest BCUT2D eigenvalue weighted by molar-refractivity contribution is 0.201. The van der Waals surface area contributed by atoms with Crippen molar-refractivity contribution in [3.8, 4) is 5.88 Å². The maximum atomic E-state index is 5.88. The second kappa shape index (κ2) is 6.43. The van der Waals surface area contributed by atoms with Crippen LogP contribution >= 0.6 is 0 Å². The summed E-state index contributed by atoms with van der Waals surface area (Å²) >= 11 is 0. The molecule has 1 saturated carbocycles. The number of anilines is 1. The van der Waals surface area contributed by atoms with Crippen molar-refractivity contribution in [1.82, 2.24) is 24.8 Å². The first-order valence-corrected chi connectivity index (χ1v) is 8.32. The van der Waals surface area contributed by atoms with E-state index < -0.39 is 0 Å². The summed E-state index contributed by atoms with van der Waals surface area (Å²) in [4.78, 5) is 4.40. The van der Waals surface area contributed by atoms with Crippen LogP contribution in [0.4, 0.5) is 5.82 Å². The minimum Gasteiger partial charge on any atom is -0.474 e. The molecule has 0 radical (unpaired) electrons. The average molecular weight is 324 g/mol. The van der Waals surface area contributed by atoms with Crippen LogP contribution in [0.2, 0.25) is 0 Å². The van der Waals surface area contributed by atoms with E-state index in [4.69, 9.17) is 4.74 Å². The Morgan fingerprint density at radius 3 is 2.83 bits per heavy atom. The van der Waals surface area contributed by atoms with Gasteiger partial charge in [0.15, 0.2) is 11.5 Å². The number of aromatic nitrogens is 5. The summed E-state index contributed by atoms with van der Waals surface area (Å²) in [6, 6.07) is 7.77. The van der Waals surface area contributed by atoms with Crippen LogP contribution in [0.15, 0.2) is 30.5 Å². The van der Waals surface area contributed by atoms with Gasteiger partial charge in [0, 0.05) is 18.8 Å². The quantitative estimate of drug-likeness (QED) is 0.777. The van der Waals surface area contributed by atoms with Crippen LogP contribution in [-0.4, -0.2) is 30.9 Å². The normalized spacial score (nSPS) is 15.0. The van der Waals surface area contributed by atoms with Gasteiger partial charge in [-0.3, -0.25) is 0 Å². The standard InChI is InChI=1S/C17H20N6O/c1-12-20-21-16-8-7-15(22-23(12)16)18-10-13-6-9-17(19-11-13)24-14-4-2-3-5-14/h6-9,11,14H,2-5,10H2,1H3,(H,18,22). The molecular weight excluding hydrogens is 304 g/mol. The highest BCUT2D eigenvalue weighted by Gasteiger charge is 2.16. The molecule has 1 N–H and O–H groups in total. The minimum absolute atomic E-state index is 0.337. The van der Waals surface area contributed by atoms with Crippen molar-refractivity contribution in [2.75, 3.05) is 5.32 Å². The zero-order valence-corrected chi connectivity index (χ0v) is 13.6. The molecule has 0 bridgehead atoms. The van der Waals surface area contributed by atoms with Crippen molar-refractivity contribution in [3.05, 3.63) is 41.9 Å². The minimum atomic E-state index is 0.337. The topological polar surface area (TPSA) is 77.2 Å². The van der Waals surface area contributed by atoms with Gasteiger partial charge in [0.05, 0.1) is 0 Å². The number of pyridine rings is 1. The molecule has 7 nitrogen and oxygen atoms in total. The second-order valence-corrected chi connectivity index (χ2v) is 6.12. The summed E-state index contributed by atoms with van der Waals surface area (Å²) < 4.78 is 7.61. The predicted octanol–water partition coefficient (Wildman–Crippen LogP) is 2.76. The van der Waals surface area contributed by atoms with Crippen molar-refractivity contribution < 1.29 is 4.74 Å². The van der Waals surface area contributed by atoms with Crippen molar-refractivity contribution in [2.24, 2.45) is 0 Å². The Kier molecular flexibility index (Phi) is 3.98. The number of nitrogens with zero attached hydrogens (tertiary/aromatic N) is 5. The molecule has 0 aromatic carbocycles. The van der Waals surface area contributed by atoms with Crippen molar-refractivity contribution in [2.45, 2.75) is 45.3 Å². The van der Waals surface area contributed by atoms with Crippen LogP contribution < -0.4 is 10.1 Å². The van der Waals surface area contributed by atoms with Gasteiger partial charge in [0.2, 0.25) is 5.88 Å². The monoisotopic (exact) mass is 324 g/mol. The van der Waals surface area contributed by atoms with E-state index in [0.29, 0.717) is 18.5 Å². The smallest absolute Gasteiger partial charge is 0.213 e. The van der Waals surface area contributed by atoms with Crippen LogP contribution in [-0.2, 0) is 6.54 Å². The molecule has 0 amide bonds. The fourth-order valence-electron chi connectivity index (χ4n) is 2.95. The second-order valence-electron chi connectivity index (χ2n) is 6.12. The molecule has 3 heterocycles. The third-order valence-corrected chi connectivity index (χ3v) is 4.28. The lowest BCUT2D eigenvalue weighted by Gasteiger charge is -2.12. The summed E-state index contributed by atoms with van der Waals surface area (Å²) in [6.07, 6.45) is 6.99. The SMILES string of the molecule is Cc1nnc2ccc(NCc3ccc(OC4CCCC4)nc3)nn12. The van der Waals surface area contributed by atoms with Gasteiger partial charge in [-0.05, 0) is 50.3 Å². The van der Waals surface area contributed by atoms with Crippen molar-refractivity contribution in [1.29, 1.82) is 0 Å². The zero-order valence-electron chi connectivity index (χ0n) is 13.6. The zero-order chi connectivity index (χ0) is 16.4. The van der Waals surface area contributed by atoms with E-state index in [2.05, 4.69) is 25.6 Å². The maximum absolute atomic E-state index is 5.88. The summed E-state index contributed by atoms with van der Waals surface area (Å²) in [5, 5.41) is 15.8. The third kappa shape index (κ3) is 3.15. The molecule has 4 rings (SSSR count). The summed E-state index contributed by atoms with van der Waals surface area (Å²) in [6.45, 7) is 2.53. The van der Waals surface area contributed by atoms with E-state index in [1.165, 1.54) is 12.8 Å². The molecule has 0 unspecified atom stereocenters. The number of aryl methyl sites for hydroxylation is 1. The van der Waals surface area contributed by atoms with Gasteiger partial charge in [-0.25, -0.2) is 4.98 Å². The third-order valence-electron chi connectivity index (χ3n) is 4.28. The first-order valence-electron chi connectivity index (χ1n) is 8.32. The number of rotatable bonds is 5. The number of hydrogen-bond donors (Lipinski definition) is 1. The highest BCUT2D eigenvalue weighted by molar-refractivity contribution is 5.44. The Hall–Kier alpha value is -2.70. The summed E-state index contributed by atoms with van der Waals surface area (Å²) in [7, 11) is 0. The van der Waals surface area contributed by atoms with E-state index in [9.17, 15) is 0 Å². The molecule has 1 aliphatic rings. The lowest BCUT2D eigenvalue weighted by Crippen LogP contribution is -2.12. The number of nitrogens with one attached hydrogen (secondary N) is 1. The molecule has 3 aromatic heterocycles. The molecule has 0 aliphatic heterocycles. The van der Waals surface area contributed by atoms with Gasteiger partial charge in [-0.1, -0.05) is 6.07 Å². The van der Waals surface area contributed by atoms with Crippen LogP contribution in [0.1, 0.15) is 37.1 Å². The Morgan fingerprint density at radius 2 is 2.04 bits per heavy atom.